The van der Waals surface area contributed by atoms with Crippen molar-refractivity contribution in [3.05, 3.63) is 0 Å². The van der Waals surface area contributed by atoms with Gasteiger partial charge in [0.05, 0.1) is 12.6 Å². The van der Waals surface area contributed by atoms with E-state index in [0.29, 0.717) is 25.9 Å². The van der Waals surface area contributed by atoms with Gasteiger partial charge >= 0.3 is 0 Å². The van der Waals surface area contributed by atoms with Crippen LogP contribution in [0.5, 0.6) is 0 Å². The normalized spacial score (nSPS) is 11.9. The second kappa shape index (κ2) is 8.19. The fraction of sp³-hybridized carbons (Fsp3) is 0.778. The molecule has 0 aromatic carbocycles. The average molecular weight is 216 g/mol. The summed E-state index contributed by atoms with van der Waals surface area (Å²) in [5, 5.41) is 5.03. The summed E-state index contributed by atoms with van der Waals surface area (Å²) >= 11 is 0. The Morgan fingerprint density at radius 1 is 1.33 bits per heavy atom. The summed E-state index contributed by atoms with van der Waals surface area (Å²) in [5.41, 5.74) is 10.9. The first-order chi connectivity index (χ1) is 7.11. The van der Waals surface area contributed by atoms with E-state index in [0.717, 1.165) is 0 Å². The maximum atomic E-state index is 11.3. The van der Waals surface area contributed by atoms with Crippen molar-refractivity contribution in [3.8, 4) is 0 Å². The molecule has 15 heavy (non-hydrogen) atoms. The molecule has 0 spiro atoms. The van der Waals surface area contributed by atoms with E-state index in [1.807, 2.05) is 6.92 Å². The first-order valence-corrected chi connectivity index (χ1v) is 5.11. The van der Waals surface area contributed by atoms with Crippen molar-refractivity contribution in [1.29, 1.82) is 0 Å². The zero-order chi connectivity index (χ0) is 11.7. The Kier molecular flexibility index (Phi) is 7.57. The Bertz CT molecular complexity index is 208. The van der Waals surface area contributed by atoms with Crippen molar-refractivity contribution in [3.63, 3.8) is 0 Å². The minimum atomic E-state index is -0.581. The quantitative estimate of drug-likeness (QED) is 0.407. The molecule has 0 aliphatic carbocycles. The van der Waals surface area contributed by atoms with Crippen LogP contribution < -0.4 is 22.1 Å². The van der Waals surface area contributed by atoms with Crippen LogP contribution in [0.25, 0.3) is 0 Å². The van der Waals surface area contributed by atoms with Crippen molar-refractivity contribution < 1.29 is 9.59 Å². The summed E-state index contributed by atoms with van der Waals surface area (Å²) < 4.78 is 0. The predicted octanol–water partition coefficient (Wildman–Crippen LogP) is -1.70. The fourth-order valence-corrected chi connectivity index (χ4v) is 1.03. The monoisotopic (exact) mass is 216 g/mol. The molecule has 0 heterocycles. The van der Waals surface area contributed by atoms with Crippen molar-refractivity contribution in [2.75, 3.05) is 19.6 Å². The number of nitrogens with one attached hydrogen (secondary N) is 2. The summed E-state index contributed by atoms with van der Waals surface area (Å²) in [7, 11) is 0. The van der Waals surface area contributed by atoms with Crippen LogP contribution in [0.1, 0.15) is 19.8 Å². The average Bonchev–Trinajstić information content (AvgIpc) is 2.22. The van der Waals surface area contributed by atoms with E-state index in [-0.39, 0.29) is 18.4 Å². The second-order valence-electron chi connectivity index (χ2n) is 3.21. The van der Waals surface area contributed by atoms with Gasteiger partial charge in [-0.1, -0.05) is 0 Å². The zero-order valence-electron chi connectivity index (χ0n) is 9.08. The number of amides is 2. The van der Waals surface area contributed by atoms with E-state index in [1.54, 1.807) is 0 Å². The molecule has 88 valence electrons. The van der Waals surface area contributed by atoms with Gasteiger partial charge in [-0.15, -0.1) is 0 Å². The maximum absolute atomic E-state index is 11.3. The number of hydrogen-bond acceptors (Lipinski definition) is 4. The highest BCUT2D eigenvalue weighted by molar-refractivity contribution is 5.87. The minimum Gasteiger partial charge on any atom is -0.355 e. The molecule has 0 saturated heterocycles. The molecule has 2 amide bonds. The maximum Gasteiger partial charge on any atom is 0.239 e. The summed E-state index contributed by atoms with van der Waals surface area (Å²) in [6.07, 6.45) is 1.24. The van der Waals surface area contributed by atoms with Crippen molar-refractivity contribution in [2.45, 2.75) is 25.8 Å². The Morgan fingerprint density at radius 2 is 2.00 bits per heavy atom. The van der Waals surface area contributed by atoms with E-state index in [9.17, 15) is 9.59 Å². The van der Waals surface area contributed by atoms with Gasteiger partial charge in [0.15, 0.2) is 0 Å². The van der Waals surface area contributed by atoms with Crippen LogP contribution in [0, 0.1) is 0 Å². The molecule has 0 aromatic rings. The predicted molar refractivity (Wildman–Crippen MR) is 58.0 cm³/mol. The lowest BCUT2D eigenvalue weighted by Crippen LogP contribution is -2.45. The largest absolute Gasteiger partial charge is 0.355 e. The molecule has 0 fully saturated rings. The first-order valence-electron chi connectivity index (χ1n) is 5.11. The van der Waals surface area contributed by atoms with Gasteiger partial charge in [0, 0.05) is 6.54 Å². The first kappa shape index (κ1) is 13.9. The lowest BCUT2D eigenvalue weighted by atomic mass is 10.1. The van der Waals surface area contributed by atoms with E-state index in [1.165, 1.54) is 0 Å². The molecule has 0 saturated carbocycles. The SMILES string of the molecule is CCNC(=O)CNC(=O)C(N)CCCN. The number of nitrogens with two attached hydrogens (primary N) is 2. The Hall–Kier alpha value is -1.14. The van der Waals surface area contributed by atoms with Crippen LogP contribution in [0.4, 0.5) is 0 Å². The van der Waals surface area contributed by atoms with Gasteiger partial charge in [0.2, 0.25) is 11.8 Å². The van der Waals surface area contributed by atoms with Gasteiger partial charge in [0.1, 0.15) is 0 Å². The molecule has 0 rings (SSSR count). The zero-order valence-corrected chi connectivity index (χ0v) is 9.08. The molecular weight excluding hydrogens is 196 g/mol. The number of carbonyl (C=O) groups excluding carboxylic acids is 2. The lowest BCUT2D eigenvalue weighted by Gasteiger charge is -2.11. The third-order valence-electron chi connectivity index (χ3n) is 1.85. The highest BCUT2D eigenvalue weighted by Gasteiger charge is 2.12. The Morgan fingerprint density at radius 3 is 2.53 bits per heavy atom. The van der Waals surface area contributed by atoms with Gasteiger partial charge in [-0.2, -0.15) is 0 Å². The Balaban J connectivity index is 3.68. The Labute approximate surface area is 89.8 Å². The van der Waals surface area contributed by atoms with Crippen LogP contribution in [-0.2, 0) is 9.59 Å². The molecule has 0 bridgehead atoms. The van der Waals surface area contributed by atoms with Gasteiger partial charge in [0.25, 0.3) is 0 Å². The highest BCUT2D eigenvalue weighted by atomic mass is 16.2. The molecule has 0 aliphatic rings. The van der Waals surface area contributed by atoms with Gasteiger partial charge in [-0.3, -0.25) is 9.59 Å². The summed E-state index contributed by atoms with van der Waals surface area (Å²) in [4.78, 5) is 22.3. The molecular formula is C9H20N4O2. The topological polar surface area (TPSA) is 110 Å². The van der Waals surface area contributed by atoms with Gasteiger partial charge < -0.3 is 22.1 Å². The van der Waals surface area contributed by atoms with E-state index in [4.69, 9.17) is 11.5 Å². The number of carbonyl (C=O) groups is 2. The van der Waals surface area contributed by atoms with Crippen molar-refractivity contribution in [1.82, 2.24) is 10.6 Å². The number of rotatable bonds is 7. The van der Waals surface area contributed by atoms with Crippen LogP contribution in [-0.4, -0.2) is 37.5 Å². The second-order valence-corrected chi connectivity index (χ2v) is 3.21. The molecule has 1 atom stereocenters. The lowest BCUT2D eigenvalue weighted by molar-refractivity contribution is -0.126. The van der Waals surface area contributed by atoms with Crippen molar-refractivity contribution >= 4 is 11.8 Å². The van der Waals surface area contributed by atoms with Crippen LogP contribution in [0.2, 0.25) is 0 Å². The third-order valence-corrected chi connectivity index (χ3v) is 1.85. The van der Waals surface area contributed by atoms with Crippen LogP contribution in [0.15, 0.2) is 0 Å². The smallest absolute Gasteiger partial charge is 0.239 e. The van der Waals surface area contributed by atoms with E-state index < -0.39 is 6.04 Å². The van der Waals surface area contributed by atoms with Gasteiger partial charge in [-0.05, 0) is 26.3 Å². The molecule has 0 aliphatic heterocycles. The molecule has 6 N–H and O–H groups in total. The molecule has 0 radical (unpaired) electrons. The number of hydrogen-bond donors (Lipinski definition) is 4. The summed E-state index contributed by atoms with van der Waals surface area (Å²) in [6.45, 7) is 2.85. The van der Waals surface area contributed by atoms with Crippen molar-refractivity contribution in [2.24, 2.45) is 11.5 Å². The number of likely N-dealkylation sites (N-methyl/N-ethyl adjacent to an activating group) is 1. The third kappa shape index (κ3) is 6.87. The van der Waals surface area contributed by atoms with E-state index in [2.05, 4.69) is 10.6 Å². The highest BCUT2D eigenvalue weighted by Crippen LogP contribution is 1.92. The summed E-state index contributed by atoms with van der Waals surface area (Å²) in [5.74, 6) is -0.522. The fourth-order valence-electron chi connectivity index (χ4n) is 1.03. The van der Waals surface area contributed by atoms with Gasteiger partial charge in [-0.25, -0.2) is 0 Å². The molecule has 1 unspecified atom stereocenters. The molecule has 6 nitrogen and oxygen atoms in total. The van der Waals surface area contributed by atoms with Crippen LogP contribution >= 0.6 is 0 Å². The van der Waals surface area contributed by atoms with E-state index >= 15 is 0 Å². The standard InChI is InChI=1S/C9H20N4O2/c1-2-12-8(14)6-13-9(15)7(11)4-3-5-10/h7H,2-6,10-11H2,1H3,(H,12,14)(H,13,15). The minimum absolute atomic E-state index is 0.0248. The molecule has 6 heteroatoms. The summed E-state index contributed by atoms with van der Waals surface area (Å²) in [6, 6.07) is -0.581. The van der Waals surface area contributed by atoms with Crippen LogP contribution in [0.3, 0.4) is 0 Å². The molecule has 0 aromatic heterocycles.